The molecule has 1 saturated carbocycles. The molecule has 0 spiro atoms. The van der Waals surface area contributed by atoms with Crippen LogP contribution in [-0.2, 0) is 4.74 Å². The zero-order valence-corrected chi connectivity index (χ0v) is 12.8. The topological polar surface area (TPSA) is 119 Å². The number of nitrogens with two attached hydrogens (primary N) is 2. The Hall–Kier alpha value is -1.44. The maximum atomic E-state index is 9.73. The number of anilines is 2. The number of aromatic nitrogens is 2. The molecule has 2 fully saturated rings. The van der Waals surface area contributed by atoms with Crippen LogP contribution in [0, 0.1) is 5.41 Å². The highest BCUT2D eigenvalue weighted by atomic mass is 16.5. The zero-order valence-electron chi connectivity index (χ0n) is 12.8. The van der Waals surface area contributed by atoms with Crippen LogP contribution < -0.4 is 16.8 Å². The van der Waals surface area contributed by atoms with Gasteiger partial charge in [0.05, 0.1) is 12.3 Å². The van der Waals surface area contributed by atoms with Gasteiger partial charge in [-0.15, -0.1) is 0 Å². The highest BCUT2D eigenvalue weighted by Crippen LogP contribution is 2.36. The molecule has 7 heteroatoms. The highest BCUT2D eigenvalue weighted by Gasteiger charge is 2.32. The van der Waals surface area contributed by atoms with E-state index in [1.165, 1.54) is 0 Å². The lowest BCUT2D eigenvalue weighted by molar-refractivity contribution is -0.00862. The van der Waals surface area contributed by atoms with Gasteiger partial charge in [0.1, 0.15) is 5.82 Å². The minimum Gasteiger partial charge on any atom is -0.396 e. The van der Waals surface area contributed by atoms with Gasteiger partial charge in [0.2, 0.25) is 5.95 Å². The second kappa shape index (κ2) is 6.36. The van der Waals surface area contributed by atoms with E-state index < -0.39 is 0 Å². The molecule has 122 valence electrons. The first-order valence-corrected chi connectivity index (χ1v) is 7.93. The van der Waals surface area contributed by atoms with Crippen molar-refractivity contribution < 1.29 is 9.84 Å². The Labute approximate surface area is 130 Å². The van der Waals surface area contributed by atoms with E-state index in [1.54, 1.807) is 0 Å². The molecule has 0 aromatic carbocycles. The SMILES string of the molecule is Nc1nc(NCC2(CO)CCOCC2)cc(C2CC(N)C2)n1. The van der Waals surface area contributed by atoms with Crippen molar-refractivity contribution in [2.45, 2.75) is 37.6 Å². The Balaban J connectivity index is 1.66. The number of hydrogen-bond donors (Lipinski definition) is 4. The number of hydrogen-bond acceptors (Lipinski definition) is 7. The van der Waals surface area contributed by atoms with Crippen LogP contribution in [0.3, 0.4) is 0 Å². The van der Waals surface area contributed by atoms with E-state index in [-0.39, 0.29) is 24.0 Å². The first-order chi connectivity index (χ1) is 10.6. The maximum absolute atomic E-state index is 9.73. The smallest absolute Gasteiger partial charge is 0.222 e. The van der Waals surface area contributed by atoms with Crippen LogP contribution in [0.1, 0.15) is 37.3 Å². The minimum atomic E-state index is -0.142. The van der Waals surface area contributed by atoms with Crippen molar-refractivity contribution in [1.29, 1.82) is 0 Å². The average molecular weight is 307 g/mol. The van der Waals surface area contributed by atoms with Crippen molar-refractivity contribution in [2.24, 2.45) is 11.1 Å². The molecule has 2 aliphatic rings. The average Bonchev–Trinajstić information content (AvgIpc) is 2.50. The lowest BCUT2D eigenvalue weighted by Crippen LogP contribution is -2.39. The van der Waals surface area contributed by atoms with Crippen LogP contribution in [0.15, 0.2) is 6.07 Å². The van der Waals surface area contributed by atoms with Gasteiger partial charge in [-0.25, -0.2) is 4.98 Å². The van der Waals surface area contributed by atoms with E-state index in [9.17, 15) is 5.11 Å². The summed E-state index contributed by atoms with van der Waals surface area (Å²) in [5, 5.41) is 13.1. The van der Waals surface area contributed by atoms with Crippen molar-refractivity contribution >= 4 is 11.8 Å². The Morgan fingerprint density at radius 2 is 2.05 bits per heavy atom. The van der Waals surface area contributed by atoms with Gasteiger partial charge < -0.3 is 26.6 Å². The number of nitrogen functional groups attached to an aromatic ring is 1. The summed E-state index contributed by atoms with van der Waals surface area (Å²) >= 11 is 0. The molecule has 1 saturated heterocycles. The Kier molecular flexibility index (Phi) is 4.46. The van der Waals surface area contributed by atoms with Crippen LogP contribution in [0.5, 0.6) is 0 Å². The van der Waals surface area contributed by atoms with E-state index in [0.29, 0.717) is 25.7 Å². The number of nitrogens with one attached hydrogen (secondary N) is 1. The van der Waals surface area contributed by atoms with Gasteiger partial charge in [-0.3, -0.25) is 0 Å². The second-order valence-electron chi connectivity index (χ2n) is 6.59. The molecule has 1 aromatic heterocycles. The third-order valence-corrected chi connectivity index (χ3v) is 4.89. The first kappa shape index (κ1) is 15.5. The maximum Gasteiger partial charge on any atom is 0.222 e. The van der Waals surface area contributed by atoms with Crippen molar-refractivity contribution in [3.63, 3.8) is 0 Å². The molecule has 7 nitrogen and oxygen atoms in total. The highest BCUT2D eigenvalue weighted by molar-refractivity contribution is 5.42. The zero-order chi connectivity index (χ0) is 15.6. The molecular formula is C15H25N5O2. The molecule has 0 radical (unpaired) electrons. The summed E-state index contributed by atoms with van der Waals surface area (Å²) in [5.41, 5.74) is 12.5. The van der Waals surface area contributed by atoms with Crippen LogP contribution in [-0.4, -0.2) is 47.5 Å². The number of nitrogens with zero attached hydrogens (tertiary/aromatic N) is 2. The van der Waals surface area contributed by atoms with E-state index in [1.807, 2.05) is 6.07 Å². The fourth-order valence-corrected chi connectivity index (χ4v) is 3.16. The molecule has 0 atom stereocenters. The van der Waals surface area contributed by atoms with Crippen LogP contribution in [0.2, 0.25) is 0 Å². The standard InChI is InChI=1S/C15H25N5O2/c16-11-5-10(6-11)12-7-13(20-14(17)19-12)18-8-15(9-21)1-3-22-4-2-15/h7,10-11,21H,1-6,8-9,16H2,(H3,17,18,19,20). The fourth-order valence-electron chi connectivity index (χ4n) is 3.16. The van der Waals surface area contributed by atoms with E-state index in [2.05, 4.69) is 15.3 Å². The van der Waals surface area contributed by atoms with Crippen LogP contribution in [0.25, 0.3) is 0 Å². The summed E-state index contributed by atoms with van der Waals surface area (Å²) in [6.07, 6.45) is 3.60. The Bertz CT molecular complexity index is 513. The largest absolute Gasteiger partial charge is 0.396 e. The van der Waals surface area contributed by atoms with Crippen molar-refractivity contribution in [1.82, 2.24) is 9.97 Å². The Morgan fingerprint density at radius 3 is 2.68 bits per heavy atom. The van der Waals surface area contributed by atoms with Crippen molar-refractivity contribution in [3.8, 4) is 0 Å². The summed E-state index contributed by atoms with van der Waals surface area (Å²) in [7, 11) is 0. The number of ether oxygens (including phenoxy) is 1. The van der Waals surface area contributed by atoms with Crippen LogP contribution in [0.4, 0.5) is 11.8 Å². The fraction of sp³-hybridized carbons (Fsp3) is 0.733. The molecule has 2 heterocycles. The summed E-state index contributed by atoms with van der Waals surface area (Å²) in [6, 6.07) is 2.23. The third-order valence-electron chi connectivity index (χ3n) is 4.89. The minimum absolute atomic E-state index is 0.142. The molecule has 0 bridgehead atoms. The molecule has 6 N–H and O–H groups in total. The van der Waals surface area contributed by atoms with Gasteiger partial charge in [-0.05, 0) is 25.7 Å². The van der Waals surface area contributed by atoms with Gasteiger partial charge in [-0.2, -0.15) is 4.98 Å². The molecular weight excluding hydrogens is 282 g/mol. The Morgan fingerprint density at radius 1 is 1.32 bits per heavy atom. The predicted molar refractivity (Wildman–Crippen MR) is 84.5 cm³/mol. The van der Waals surface area contributed by atoms with E-state index >= 15 is 0 Å². The van der Waals surface area contributed by atoms with Gasteiger partial charge >= 0.3 is 0 Å². The summed E-state index contributed by atoms with van der Waals surface area (Å²) < 4.78 is 5.38. The van der Waals surface area contributed by atoms with Gasteiger partial charge in [0.25, 0.3) is 0 Å². The molecule has 1 aliphatic heterocycles. The summed E-state index contributed by atoms with van der Waals surface area (Å²) in [4.78, 5) is 8.58. The van der Waals surface area contributed by atoms with Crippen molar-refractivity contribution in [3.05, 3.63) is 11.8 Å². The molecule has 1 aliphatic carbocycles. The predicted octanol–water partition coefficient (Wildman–Crippen LogP) is 0.464. The van der Waals surface area contributed by atoms with Crippen molar-refractivity contribution in [2.75, 3.05) is 37.4 Å². The molecule has 3 rings (SSSR count). The lowest BCUT2D eigenvalue weighted by Gasteiger charge is -2.36. The molecule has 1 aromatic rings. The second-order valence-corrected chi connectivity index (χ2v) is 6.59. The third kappa shape index (κ3) is 3.31. The quantitative estimate of drug-likeness (QED) is 0.624. The summed E-state index contributed by atoms with van der Waals surface area (Å²) in [6.45, 7) is 2.19. The summed E-state index contributed by atoms with van der Waals surface area (Å²) in [5.74, 6) is 1.39. The molecule has 0 amide bonds. The van der Waals surface area contributed by atoms with Gasteiger partial charge in [0, 0.05) is 43.2 Å². The molecule has 0 unspecified atom stereocenters. The van der Waals surface area contributed by atoms with Gasteiger partial charge in [0.15, 0.2) is 0 Å². The molecule has 22 heavy (non-hydrogen) atoms. The number of aliphatic hydroxyl groups is 1. The number of rotatable bonds is 5. The number of aliphatic hydroxyl groups excluding tert-OH is 1. The lowest BCUT2D eigenvalue weighted by atomic mass is 9.78. The van der Waals surface area contributed by atoms with E-state index in [0.717, 1.165) is 37.2 Å². The first-order valence-electron chi connectivity index (χ1n) is 7.93. The van der Waals surface area contributed by atoms with E-state index in [4.69, 9.17) is 16.2 Å². The normalized spacial score (nSPS) is 27.2. The monoisotopic (exact) mass is 307 g/mol. The van der Waals surface area contributed by atoms with Gasteiger partial charge in [-0.1, -0.05) is 0 Å². The van der Waals surface area contributed by atoms with Crippen LogP contribution >= 0.6 is 0 Å².